The fraction of sp³-hybridized carbons (Fsp3) is 0.438. The molecule has 1 fully saturated rings. The molecule has 1 aliphatic heterocycles. The van der Waals surface area contributed by atoms with E-state index in [0.29, 0.717) is 0 Å². The molecule has 128 valence electrons. The highest BCUT2D eigenvalue weighted by Crippen LogP contribution is 2.28. The number of likely N-dealkylation sites (tertiary alicyclic amines) is 1. The molecule has 8 heteroatoms. The molecule has 0 bridgehead atoms. The van der Waals surface area contributed by atoms with Crippen molar-refractivity contribution < 1.29 is 13.2 Å². The smallest absolute Gasteiger partial charge is 0.366 e. The molecule has 0 amide bonds. The van der Waals surface area contributed by atoms with Gasteiger partial charge in [0.15, 0.2) is 0 Å². The Kier molecular flexibility index (Phi) is 4.94. The first-order valence-electron chi connectivity index (χ1n) is 7.78. The van der Waals surface area contributed by atoms with Gasteiger partial charge in [-0.05, 0) is 24.5 Å². The average molecular weight is 337 g/mol. The van der Waals surface area contributed by atoms with Gasteiger partial charge in [-0.15, -0.1) is 0 Å². The van der Waals surface area contributed by atoms with Crippen LogP contribution in [-0.4, -0.2) is 45.5 Å². The van der Waals surface area contributed by atoms with Crippen molar-refractivity contribution in [2.24, 2.45) is 0 Å². The Labute approximate surface area is 138 Å². The van der Waals surface area contributed by atoms with Crippen LogP contribution in [0.3, 0.4) is 0 Å². The molecule has 1 saturated heterocycles. The lowest BCUT2D eigenvalue weighted by atomic mass is 10.2. The summed E-state index contributed by atoms with van der Waals surface area (Å²) in [4.78, 5) is 13.5. The molecule has 2 aromatic heterocycles. The molecule has 3 rings (SSSR count). The van der Waals surface area contributed by atoms with Gasteiger partial charge in [-0.2, -0.15) is 13.2 Å². The van der Waals surface area contributed by atoms with Gasteiger partial charge < -0.3 is 10.2 Å². The number of alkyl halides is 3. The molecule has 3 heterocycles. The highest BCUT2D eigenvalue weighted by molar-refractivity contribution is 5.37. The van der Waals surface area contributed by atoms with Crippen LogP contribution in [-0.2, 0) is 12.6 Å². The molecule has 0 saturated carbocycles. The fourth-order valence-electron chi connectivity index (χ4n) is 2.79. The lowest BCUT2D eigenvalue weighted by Gasteiger charge is -2.17. The summed E-state index contributed by atoms with van der Waals surface area (Å²) in [6.45, 7) is 2.60. The Morgan fingerprint density at radius 2 is 2.17 bits per heavy atom. The van der Waals surface area contributed by atoms with Crippen LogP contribution >= 0.6 is 0 Å². The largest absolute Gasteiger partial charge is 0.433 e. The van der Waals surface area contributed by atoms with E-state index in [0.717, 1.165) is 44.9 Å². The molecule has 1 N–H and O–H groups in total. The second kappa shape index (κ2) is 7.12. The number of hydrogen-bond donors (Lipinski definition) is 1. The normalized spacial score (nSPS) is 18.7. The fourth-order valence-corrected chi connectivity index (χ4v) is 2.79. The van der Waals surface area contributed by atoms with Crippen molar-refractivity contribution in [3.05, 3.63) is 48.2 Å². The zero-order valence-electron chi connectivity index (χ0n) is 13.0. The number of anilines is 1. The predicted molar refractivity (Wildman–Crippen MR) is 83.4 cm³/mol. The summed E-state index contributed by atoms with van der Waals surface area (Å²) in [6.07, 6.45) is 1.87. The summed E-state index contributed by atoms with van der Waals surface area (Å²) >= 11 is 0. The van der Waals surface area contributed by atoms with Gasteiger partial charge in [0.05, 0.1) is 0 Å². The first kappa shape index (κ1) is 16.6. The second-order valence-electron chi connectivity index (χ2n) is 5.83. The van der Waals surface area contributed by atoms with Crippen LogP contribution in [0.15, 0.2) is 36.9 Å². The number of aromatic nitrogens is 3. The highest BCUT2D eigenvalue weighted by Gasteiger charge is 2.33. The van der Waals surface area contributed by atoms with Crippen molar-refractivity contribution in [1.82, 2.24) is 19.9 Å². The van der Waals surface area contributed by atoms with Crippen molar-refractivity contribution in [3.8, 4) is 0 Å². The van der Waals surface area contributed by atoms with Gasteiger partial charge in [0.25, 0.3) is 0 Å². The van der Waals surface area contributed by atoms with Crippen LogP contribution in [0, 0.1) is 0 Å². The quantitative estimate of drug-likeness (QED) is 0.909. The molecule has 1 aliphatic rings. The van der Waals surface area contributed by atoms with Crippen LogP contribution < -0.4 is 5.32 Å². The molecule has 1 unspecified atom stereocenters. The second-order valence-corrected chi connectivity index (χ2v) is 5.83. The zero-order chi connectivity index (χ0) is 17.0. The van der Waals surface area contributed by atoms with E-state index in [1.54, 1.807) is 6.20 Å². The minimum Gasteiger partial charge on any atom is -0.366 e. The number of nitrogens with one attached hydrogen (secondary N) is 1. The zero-order valence-corrected chi connectivity index (χ0v) is 13.0. The lowest BCUT2D eigenvalue weighted by Crippen LogP contribution is -2.28. The number of pyridine rings is 1. The van der Waals surface area contributed by atoms with Crippen molar-refractivity contribution in [2.75, 3.05) is 25.0 Å². The molecular formula is C16H18F3N5. The Morgan fingerprint density at radius 3 is 2.92 bits per heavy atom. The van der Waals surface area contributed by atoms with Crippen LogP contribution in [0.25, 0.3) is 0 Å². The SMILES string of the molecule is FC(F)(F)c1cc(NC2CCN(CCc3cccnc3)C2)ncn1. The van der Waals surface area contributed by atoms with Gasteiger partial charge in [0.1, 0.15) is 17.8 Å². The average Bonchev–Trinajstić information content (AvgIpc) is 3.01. The summed E-state index contributed by atoms with van der Waals surface area (Å²) in [7, 11) is 0. The minimum atomic E-state index is -4.45. The molecule has 0 aliphatic carbocycles. The van der Waals surface area contributed by atoms with E-state index in [1.165, 1.54) is 5.56 Å². The maximum Gasteiger partial charge on any atom is 0.433 e. The Balaban J connectivity index is 1.51. The Bertz CT molecular complexity index is 662. The third-order valence-electron chi connectivity index (χ3n) is 4.02. The van der Waals surface area contributed by atoms with Gasteiger partial charge in [0, 0.05) is 44.1 Å². The van der Waals surface area contributed by atoms with Crippen LogP contribution in [0.5, 0.6) is 0 Å². The van der Waals surface area contributed by atoms with E-state index in [-0.39, 0.29) is 11.9 Å². The van der Waals surface area contributed by atoms with E-state index in [1.807, 2.05) is 18.3 Å². The maximum atomic E-state index is 12.7. The van der Waals surface area contributed by atoms with Crippen LogP contribution in [0.2, 0.25) is 0 Å². The number of rotatable bonds is 5. The number of halogens is 3. The summed E-state index contributed by atoms with van der Waals surface area (Å²) in [6, 6.07) is 5.00. The summed E-state index contributed by atoms with van der Waals surface area (Å²) in [5.74, 6) is 0.219. The van der Waals surface area contributed by atoms with Crippen molar-refractivity contribution >= 4 is 5.82 Å². The first-order valence-corrected chi connectivity index (χ1v) is 7.78. The number of nitrogens with zero attached hydrogens (tertiary/aromatic N) is 4. The third-order valence-corrected chi connectivity index (χ3v) is 4.02. The topological polar surface area (TPSA) is 53.9 Å². The standard InChI is InChI=1S/C16H18F3N5/c17-16(18,19)14-8-15(22-11-21-14)23-13-4-7-24(10-13)6-3-12-2-1-5-20-9-12/h1-2,5,8-9,11,13H,3-4,6-7,10H2,(H,21,22,23). The van der Waals surface area contributed by atoms with Crippen molar-refractivity contribution in [3.63, 3.8) is 0 Å². The predicted octanol–water partition coefficient (Wildman–Crippen LogP) is 2.62. The van der Waals surface area contributed by atoms with Gasteiger partial charge in [-0.1, -0.05) is 6.07 Å². The molecular weight excluding hydrogens is 319 g/mol. The van der Waals surface area contributed by atoms with E-state index in [2.05, 4.69) is 25.2 Å². The highest BCUT2D eigenvalue weighted by atomic mass is 19.4. The van der Waals surface area contributed by atoms with Gasteiger partial charge >= 0.3 is 6.18 Å². The van der Waals surface area contributed by atoms with Crippen LogP contribution in [0.1, 0.15) is 17.7 Å². The van der Waals surface area contributed by atoms with E-state index in [9.17, 15) is 13.2 Å². The minimum absolute atomic E-state index is 0.0925. The van der Waals surface area contributed by atoms with Gasteiger partial charge in [-0.25, -0.2) is 9.97 Å². The molecule has 2 aromatic rings. The van der Waals surface area contributed by atoms with Crippen LogP contribution in [0.4, 0.5) is 19.0 Å². The summed E-state index contributed by atoms with van der Waals surface area (Å²) in [5.41, 5.74) is 0.256. The Morgan fingerprint density at radius 1 is 1.29 bits per heavy atom. The molecule has 24 heavy (non-hydrogen) atoms. The van der Waals surface area contributed by atoms with E-state index < -0.39 is 11.9 Å². The van der Waals surface area contributed by atoms with Crippen molar-refractivity contribution in [2.45, 2.75) is 25.1 Å². The van der Waals surface area contributed by atoms with Gasteiger partial charge in [-0.3, -0.25) is 4.98 Å². The summed E-state index contributed by atoms with van der Waals surface area (Å²) in [5, 5.41) is 3.08. The third kappa shape index (κ3) is 4.41. The number of hydrogen-bond acceptors (Lipinski definition) is 5. The maximum absolute atomic E-state index is 12.7. The van der Waals surface area contributed by atoms with E-state index in [4.69, 9.17) is 0 Å². The van der Waals surface area contributed by atoms with E-state index >= 15 is 0 Å². The monoisotopic (exact) mass is 337 g/mol. The lowest BCUT2D eigenvalue weighted by molar-refractivity contribution is -0.141. The van der Waals surface area contributed by atoms with Gasteiger partial charge in [0.2, 0.25) is 0 Å². The molecule has 1 atom stereocenters. The molecule has 0 aromatic carbocycles. The molecule has 0 spiro atoms. The molecule has 5 nitrogen and oxygen atoms in total. The summed E-state index contributed by atoms with van der Waals surface area (Å²) < 4.78 is 38.0. The molecule has 0 radical (unpaired) electrons. The first-order chi connectivity index (χ1) is 11.5. The Hall–Kier alpha value is -2.22. The van der Waals surface area contributed by atoms with Crippen molar-refractivity contribution in [1.29, 1.82) is 0 Å².